The van der Waals surface area contributed by atoms with E-state index in [4.69, 9.17) is 9.84 Å². The van der Waals surface area contributed by atoms with Crippen molar-refractivity contribution in [1.29, 1.82) is 0 Å². The molecule has 2 N–H and O–H groups in total. The summed E-state index contributed by atoms with van der Waals surface area (Å²) in [7, 11) is -3.45. The summed E-state index contributed by atoms with van der Waals surface area (Å²) in [5, 5.41) is 11.2. The smallest absolute Gasteiger partial charge is 0.308 e. The predicted octanol–water partition coefficient (Wildman–Crippen LogP) is 2.23. The van der Waals surface area contributed by atoms with Crippen molar-refractivity contribution in [3.8, 4) is 11.3 Å². The normalized spacial score (nSPS) is 12.4. The average Bonchev–Trinajstić information content (AvgIpc) is 3.14. The van der Waals surface area contributed by atoms with Crippen molar-refractivity contribution in [2.45, 2.75) is 24.0 Å². The largest absolute Gasteiger partial charge is 0.481 e. The fraction of sp³-hybridized carbons (Fsp3) is 0.200. The first-order chi connectivity index (χ1) is 16.1. The first-order valence-electron chi connectivity index (χ1n) is 9.52. The van der Waals surface area contributed by atoms with Gasteiger partial charge in [0.15, 0.2) is 12.0 Å². The number of carboxylic acid groups (broad SMARTS) is 1. The van der Waals surface area contributed by atoms with Crippen LogP contribution in [0.1, 0.15) is 24.6 Å². The van der Waals surface area contributed by atoms with Crippen LogP contribution in [0.15, 0.2) is 47.9 Å². The Labute approximate surface area is 191 Å². The van der Waals surface area contributed by atoms with E-state index in [0.717, 1.165) is 30.9 Å². The molecule has 3 aromatic rings. The van der Waals surface area contributed by atoms with Gasteiger partial charge in [0, 0.05) is 18.6 Å². The number of carbonyl (C=O) groups is 2. The van der Waals surface area contributed by atoms with E-state index < -0.39 is 80.3 Å². The molecular formula is C20H17F3N4O6S. The molecule has 0 aliphatic carbocycles. The van der Waals surface area contributed by atoms with Gasteiger partial charge in [-0.2, -0.15) is 4.39 Å². The number of nitrogens with one attached hydrogen (secondary N) is 1. The zero-order chi connectivity index (χ0) is 25.0. The molecule has 0 saturated heterocycles. The van der Waals surface area contributed by atoms with Gasteiger partial charge in [0.05, 0.1) is 30.2 Å². The van der Waals surface area contributed by atoms with Crippen molar-refractivity contribution >= 4 is 22.0 Å². The van der Waals surface area contributed by atoms with Crippen molar-refractivity contribution in [3.05, 3.63) is 66.1 Å². The molecule has 0 radical (unpaired) electrons. The molecule has 0 fully saturated rings. The third-order valence-electron chi connectivity index (χ3n) is 4.53. The van der Waals surface area contributed by atoms with Gasteiger partial charge in [-0.05, 0) is 25.2 Å². The van der Waals surface area contributed by atoms with Crippen LogP contribution >= 0.6 is 0 Å². The maximum atomic E-state index is 15.6. The number of rotatable bonds is 9. The van der Waals surface area contributed by atoms with Gasteiger partial charge in [0.25, 0.3) is 10.0 Å². The van der Waals surface area contributed by atoms with E-state index in [2.05, 4.69) is 15.3 Å². The van der Waals surface area contributed by atoms with Crippen molar-refractivity contribution in [2.75, 3.05) is 7.05 Å². The van der Waals surface area contributed by atoms with Crippen LogP contribution in [0.25, 0.3) is 11.3 Å². The van der Waals surface area contributed by atoms with E-state index >= 15 is 4.39 Å². The fourth-order valence-corrected chi connectivity index (χ4v) is 4.33. The highest BCUT2D eigenvalue weighted by atomic mass is 32.2. The molecule has 3 aromatic heterocycles. The van der Waals surface area contributed by atoms with Crippen LogP contribution in [0.3, 0.4) is 0 Å². The number of hydrogen-bond donors (Lipinski definition) is 2. The first kappa shape index (κ1) is 24.9. The van der Waals surface area contributed by atoms with Crippen molar-refractivity contribution in [2.24, 2.45) is 0 Å². The molecule has 3 rings (SSSR count). The molecule has 0 bridgehead atoms. The molecule has 1 unspecified atom stereocenters. The zero-order valence-corrected chi connectivity index (χ0v) is 18.2. The Hall–Kier alpha value is -3.78. The Morgan fingerprint density at radius 2 is 1.97 bits per heavy atom. The Morgan fingerprint density at radius 3 is 2.59 bits per heavy atom. The highest BCUT2D eigenvalue weighted by Gasteiger charge is 2.32. The molecule has 0 aliphatic rings. The number of pyridine rings is 2. The van der Waals surface area contributed by atoms with Gasteiger partial charge in [-0.3, -0.25) is 19.9 Å². The quantitative estimate of drug-likeness (QED) is 0.258. The fourth-order valence-electron chi connectivity index (χ4n) is 2.98. The third-order valence-corrected chi connectivity index (χ3v) is 6.15. The summed E-state index contributed by atoms with van der Waals surface area (Å²) in [6, 6.07) is 2.96. The molecule has 0 saturated carbocycles. The van der Waals surface area contributed by atoms with E-state index in [9.17, 15) is 26.8 Å². The van der Waals surface area contributed by atoms with Gasteiger partial charge in [0.1, 0.15) is 16.4 Å². The van der Waals surface area contributed by atoms with Crippen LogP contribution < -0.4 is 5.32 Å². The van der Waals surface area contributed by atoms with E-state index in [1.165, 1.54) is 13.1 Å². The molecule has 14 heteroatoms. The van der Waals surface area contributed by atoms with E-state index in [0.29, 0.717) is 10.0 Å². The number of halogens is 3. The van der Waals surface area contributed by atoms with Gasteiger partial charge < -0.3 is 9.84 Å². The van der Waals surface area contributed by atoms with Crippen LogP contribution in [0, 0.1) is 17.6 Å². The number of esters is 1. The summed E-state index contributed by atoms with van der Waals surface area (Å²) in [5.41, 5.74) is -1.84. The van der Waals surface area contributed by atoms with Crippen molar-refractivity contribution in [3.63, 3.8) is 0 Å². The number of carboxylic acids is 1. The third kappa shape index (κ3) is 5.07. The average molecular weight is 498 g/mol. The van der Waals surface area contributed by atoms with Gasteiger partial charge in [0.2, 0.25) is 5.95 Å². The molecule has 0 spiro atoms. The van der Waals surface area contributed by atoms with E-state index in [-0.39, 0.29) is 0 Å². The van der Waals surface area contributed by atoms with E-state index in [1.807, 2.05) is 0 Å². The second-order valence-electron chi connectivity index (χ2n) is 6.78. The Balaban J connectivity index is 2.18. The number of hydrogen-bond acceptors (Lipinski definition) is 8. The number of nitrogens with zero attached hydrogens (tertiary/aromatic N) is 3. The molecule has 1 atom stereocenters. The summed E-state index contributed by atoms with van der Waals surface area (Å²) in [6.07, 6.45) is 0.733. The monoisotopic (exact) mass is 498 g/mol. The minimum absolute atomic E-state index is 0.365. The van der Waals surface area contributed by atoms with Crippen LogP contribution in [-0.4, -0.2) is 46.5 Å². The maximum Gasteiger partial charge on any atom is 0.308 e. The second kappa shape index (κ2) is 10.0. The lowest BCUT2D eigenvalue weighted by Crippen LogP contribution is -2.23. The second-order valence-corrected chi connectivity index (χ2v) is 8.60. The number of aromatic nitrogens is 3. The zero-order valence-electron chi connectivity index (χ0n) is 17.4. The maximum absolute atomic E-state index is 15.6. The van der Waals surface area contributed by atoms with Crippen LogP contribution in [-0.2, 0) is 24.3 Å². The molecular weight excluding hydrogens is 481 g/mol. The molecule has 34 heavy (non-hydrogen) atoms. The van der Waals surface area contributed by atoms with Crippen LogP contribution in [0.2, 0.25) is 0 Å². The van der Waals surface area contributed by atoms with E-state index in [1.54, 1.807) is 0 Å². The lowest BCUT2D eigenvalue weighted by Gasteiger charge is -2.16. The Bertz CT molecular complexity index is 1350. The Kier molecular flexibility index (Phi) is 7.32. The van der Waals surface area contributed by atoms with Crippen LogP contribution in [0.5, 0.6) is 0 Å². The molecule has 180 valence electrons. The minimum Gasteiger partial charge on any atom is -0.481 e. The standard InChI is InChI=1S/C20H17F3N4O6S/c1-24-20(33-16(30)5-4-15(28)29)14-10-27(34(31,32)12-7-11(21)8-25-9-12)18(17(14)22)13-3-2-6-26-19(13)23/h2-3,6-10,20,24H,4-5H2,1H3,(H,28,29). The molecule has 0 amide bonds. The minimum atomic E-state index is -4.72. The number of carbonyl (C=O) groups excluding carboxylic acids is 1. The lowest BCUT2D eigenvalue weighted by atomic mass is 10.1. The summed E-state index contributed by atoms with van der Waals surface area (Å²) in [5.74, 6) is -5.73. The summed E-state index contributed by atoms with van der Waals surface area (Å²) in [4.78, 5) is 28.9. The SMILES string of the molecule is CNC(OC(=O)CCC(=O)O)c1cn(S(=O)(=O)c2cncc(F)c2)c(-c2cccnc2F)c1F. The number of aliphatic carboxylic acids is 1. The van der Waals surface area contributed by atoms with Crippen molar-refractivity contribution < 1.29 is 41.0 Å². The van der Waals surface area contributed by atoms with Crippen LogP contribution in [0.4, 0.5) is 13.2 Å². The van der Waals surface area contributed by atoms with Gasteiger partial charge >= 0.3 is 11.9 Å². The number of ether oxygens (including phenoxy) is 1. The molecule has 10 nitrogen and oxygen atoms in total. The van der Waals surface area contributed by atoms with Crippen molar-refractivity contribution in [1.82, 2.24) is 19.3 Å². The summed E-state index contributed by atoms with van der Waals surface area (Å²) in [6.45, 7) is 0. The molecule has 3 heterocycles. The predicted molar refractivity (Wildman–Crippen MR) is 109 cm³/mol. The first-order valence-corrected chi connectivity index (χ1v) is 11.0. The highest BCUT2D eigenvalue weighted by Crippen LogP contribution is 2.34. The van der Waals surface area contributed by atoms with Gasteiger partial charge in [-0.25, -0.2) is 26.2 Å². The summed E-state index contributed by atoms with van der Waals surface area (Å²) >= 11 is 0. The highest BCUT2D eigenvalue weighted by molar-refractivity contribution is 7.90. The Morgan fingerprint density at radius 1 is 1.24 bits per heavy atom. The van der Waals surface area contributed by atoms with Gasteiger partial charge in [-0.1, -0.05) is 0 Å². The molecule has 0 aliphatic heterocycles. The molecule has 0 aromatic carbocycles. The topological polar surface area (TPSA) is 140 Å². The van der Waals surface area contributed by atoms with Gasteiger partial charge in [-0.15, -0.1) is 0 Å². The summed E-state index contributed by atoms with van der Waals surface area (Å²) < 4.78 is 75.5. The lowest BCUT2D eigenvalue weighted by molar-refractivity contribution is -0.153.